The Morgan fingerprint density at radius 2 is 1.95 bits per heavy atom. The summed E-state index contributed by atoms with van der Waals surface area (Å²) < 4.78 is 6.77. The van der Waals surface area contributed by atoms with Gasteiger partial charge in [-0.2, -0.15) is 0 Å². The summed E-state index contributed by atoms with van der Waals surface area (Å²) in [6, 6.07) is 6.18. The third-order valence-electron chi connectivity index (χ3n) is 4.16. The first-order valence-corrected chi connectivity index (χ1v) is 9.19. The summed E-state index contributed by atoms with van der Waals surface area (Å²) in [5.41, 5.74) is 1.29. The monoisotopic (exact) mass is 367 g/mol. The number of aryl methyl sites for hydroxylation is 1. The van der Waals surface area contributed by atoms with Crippen molar-refractivity contribution in [3.05, 3.63) is 28.2 Å². The summed E-state index contributed by atoms with van der Waals surface area (Å²) in [5, 5.41) is 0. The van der Waals surface area contributed by atoms with Crippen LogP contribution in [0.5, 0.6) is 5.75 Å². The molecular weight excluding hydrogens is 342 g/mol. The van der Waals surface area contributed by atoms with E-state index in [0.717, 1.165) is 49.0 Å². The van der Waals surface area contributed by atoms with Crippen LogP contribution in [0.4, 0.5) is 0 Å². The molecule has 1 heterocycles. The fourth-order valence-electron chi connectivity index (χ4n) is 2.77. The van der Waals surface area contributed by atoms with Crippen molar-refractivity contribution in [3.8, 4) is 5.75 Å². The van der Waals surface area contributed by atoms with Gasteiger partial charge in [0.05, 0.1) is 11.1 Å². The summed E-state index contributed by atoms with van der Waals surface area (Å²) >= 11 is 3.54. The van der Waals surface area contributed by atoms with Crippen molar-refractivity contribution in [2.45, 2.75) is 51.9 Å². The summed E-state index contributed by atoms with van der Waals surface area (Å²) in [6.07, 6.45) is 7.20. The number of hydrogen-bond acceptors (Lipinski definition) is 2. The molecule has 1 aromatic rings. The SMILES string of the molecule is CCc1ccc(OCCCC(=O)N2CCCCCC2)c(Br)c1. The van der Waals surface area contributed by atoms with Crippen molar-refractivity contribution < 1.29 is 9.53 Å². The van der Waals surface area contributed by atoms with Gasteiger partial charge in [0.25, 0.3) is 0 Å². The largest absolute Gasteiger partial charge is 0.492 e. The Bertz CT molecular complexity index is 482. The summed E-state index contributed by atoms with van der Waals surface area (Å²) in [7, 11) is 0. The van der Waals surface area contributed by atoms with Crippen LogP contribution < -0.4 is 4.74 Å². The maximum atomic E-state index is 12.2. The summed E-state index contributed by atoms with van der Waals surface area (Å²) in [6.45, 7) is 4.59. The van der Waals surface area contributed by atoms with E-state index in [4.69, 9.17) is 4.74 Å². The molecule has 1 saturated heterocycles. The lowest BCUT2D eigenvalue weighted by Gasteiger charge is -2.20. The van der Waals surface area contributed by atoms with Crippen molar-refractivity contribution in [3.63, 3.8) is 0 Å². The van der Waals surface area contributed by atoms with Crippen LogP contribution in [0.2, 0.25) is 0 Å². The van der Waals surface area contributed by atoms with E-state index in [1.54, 1.807) is 0 Å². The Balaban J connectivity index is 1.71. The van der Waals surface area contributed by atoms with Crippen LogP contribution in [0, 0.1) is 0 Å². The molecule has 0 unspecified atom stereocenters. The molecule has 22 heavy (non-hydrogen) atoms. The number of likely N-dealkylation sites (tertiary alicyclic amines) is 1. The van der Waals surface area contributed by atoms with E-state index >= 15 is 0 Å². The lowest BCUT2D eigenvalue weighted by atomic mass is 10.2. The summed E-state index contributed by atoms with van der Waals surface area (Å²) in [5.74, 6) is 1.14. The second-order valence-electron chi connectivity index (χ2n) is 5.87. The minimum Gasteiger partial charge on any atom is -0.492 e. The van der Waals surface area contributed by atoms with Gasteiger partial charge in [0.15, 0.2) is 0 Å². The van der Waals surface area contributed by atoms with Crippen molar-refractivity contribution in [2.75, 3.05) is 19.7 Å². The molecule has 0 atom stereocenters. The van der Waals surface area contributed by atoms with Gasteiger partial charge in [-0.15, -0.1) is 0 Å². The molecule has 0 saturated carbocycles. The van der Waals surface area contributed by atoms with Crippen LogP contribution in [0.3, 0.4) is 0 Å². The highest BCUT2D eigenvalue weighted by molar-refractivity contribution is 9.10. The molecule has 0 radical (unpaired) electrons. The predicted molar refractivity (Wildman–Crippen MR) is 93.3 cm³/mol. The van der Waals surface area contributed by atoms with Crippen LogP contribution in [0.1, 0.15) is 51.0 Å². The first-order chi connectivity index (χ1) is 10.7. The zero-order valence-corrected chi connectivity index (χ0v) is 15.0. The number of carbonyl (C=O) groups excluding carboxylic acids is 1. The van der Waals surface area contributed by atoms with Gasteiger partial charge in [-0.05, 0) is 59.3 Å². The third-order valence-corrected chi connectivity index (χ3v) is 4.78. The number of ether oxygens (including phenoxy) is 1. The molecule has 0 aromatic heterocycles. The average Bonchev–Trinajstić information content (AvgIpc) is 2.81. The number of amides is 1. The first kappa shape index (κ1) is 17.3. The van der Waals surface area contributed by atoms with Gasteiger partial charge in [0.1, 0.15) is 5.75 Å². The van der Waals surface area contributed by atoms with E-state index in [9.17, 15) is 4.79 Å². The molecule has 2 rings (SSSR count). The Morgan fingerprint density at radius 3 is 2.59 bits per heavy atom. The molecule has 122 valence electrons. The maximum absolute atomic E-state index is 12.2. The molecule has 3 nitrogen and oxygen atoms in total. The number of hydrogen-bond donors (Lipinski definition) is 0. The van der Waals surface area contributed by atoms with Crippen LogP contribution in [0.15, 0.2) is 22.7 Å². The molecule has 1 aromatic carbocycles. The molecule has 0 N–H and O–H groups in total. The lowest BCUT2D eigenvalue weighted by molar-refractivity contribution is -0.131. The maximum Gasteiger partial charge on any atom is 0.222 e. The molecule has 0 bridgehead atoms. The van der Waals surface area contributed by atoms with Crippen LogP contribution in [-0.4, -0.2) is 30.5 Å². The molecule has 1 aliphatic heterocycles. The molecule has 1 aliphatic rings. The zero-order valence-electron chi connectivity index (χ0n) is 13.4. The van der Waals surface area contributed by atoms with Gasteiger partial charge in [-0.1, -0.05) is 25.8 Å². The quantitative estimate of drug-likeness (QED) is 0.689. The lowest BCUT2D eigenvalue weighted by Crippen LogP contribution is -2.31. The second-order valence-corrected chi connectivity index (χ2v) is 6.72. The van der Waals surface area contributed by atoms with E-state index in [0.29, 0.717) is 13.0 Å². The molecule has 4 heteroatoms. The third kappa shape index (κ3) is 5.31. The molecule has 0 spiro atoms. The predicted octanol–water partition coefficient (Wildman–Crippen LogP) is 4.57. The van der Waals surface area contributed by atoms with Crippen molar-refractivity contribution in [2.24, 2.45) is 0 Å². The molecule has 1 amide bonds. The Hall–Kier alpha value is -1.03. The number of halogens is 1. The highest BCUT2D eigenvalue weighted by Crippen LogP contribution is 2.26. The second kappa shape index (κ2) is 9.19. The minimum atomic E-state index is 0.283. The standard InChI is InChI=1S/C18H26BrNO2/c1-2-15-9-10-17(16(19)14-15)22-13-7-8-18(21)20-11-5-3-4-6-12-20/h9-10,14H,2-8,11-13H2,1H3. The fourth-order valence-corrected chi connectivity index (χ4v) is 3.31. The topological polar surface area (TPSA) is 29.5 Å². The van der Waals surface area contributed by atoms with Crippen molar-refractivity contribution in [1.82, 2.24) is 4.90 Å². The number of benzene rings is 1. The highest BCUT2D eigenvalue weighted by atomic mass is 79.9. The molecular formula is C18H26BrNO2. The van der Waals surface area contributed by atoms with Gasteiger partial charge in [0, 0.05) is 19.5 Å². The number of carbonyl (C=O) groups is 1. The normalized spacial score (nSPS) is 15.5. The van der Waals surface area contributed by atoms with Gasteiger partial charge in [-0.3, -0.25) is 4.79 Å². The van der Waals surface area contributed by atoms with E-state index in [-0.39, 0.29) is 5.91 Å². The van der Waals surface area contributed by atoms with E-state index in [2.05, 4.69) is 35.0 Å². The highest BCUT2D eigenvalue weighted by Gasteiger charge is 2.14. The average molecular weight is 368 g/mol. The van der Waals surface area contributed by atoms with E-state index in [1.807, 2.05) is 11.0 Å². The van der Waals surface area contributed by atoms with Crippen LogP contribution >= 0.6 is 15.9 Å². The first-order valence-electron chi connectivity index (χ1n) is 8.39. The Kier molecular flexibility index (Phi) is 7.23. The smallest absolute Gasteiger partial charge is 0.222 e. The van der Waals surface area contributed by atoms with E-state index < -0.39 is 0 Å². The van der Waals surface area contributed by atoms with Gasteiger partial charge >= 0.3 is 0 Å². The zero-order chi connectivity index (χ0) is 15.8. The molecule has 0 aliphatic carbocycles. The van der Waals surface area contributed by atoms with Crippen LogP contribution in [-0.2, 0) is 11.2 Å². The Labute approximate surface area is 142 Å². The number of nitrogens with zero attached hydrogens (tertiary/aromatic N) is 1. The van der Waals surface area contributed by atoms with Gasteiger partial charge < -0.3 is 9.64 Å². The fraction of sp³-hybridized carbons (Fsp3) is 0.611. The van der Waals surface area contributed by atoms with Gasteiger partial charge in [-0.25, -0.2) is 0 Å². The van der Waals surface area contributed by atoms with Crippen molar-refractivity contribution in [1.29, 1.82) is 0 Å². The summed E-state index contributed by atoms with van der Waals surface area (Å²) in [4.78, 5) is 14.2. The molecule has 1 fully saturated rings. The van der Waals surface area contributed by atoms with Gasteiger partial charge in [0.2, 0.25) is 5.91 Å². The van der Waals surface area contributed by atoms with E-state index in [1.165, 1.54) is 18.4 Å². The number of rotatable bonds is 6. The Morgan fingerprint density at radius 1 is 1.23 bits per heavy atom. The van der Waals surface area contributed by atoms with Crippen LogP contribution in [0.25, 0.3) is 0 Å². The van der Waals surface area contributed by atoms with Crippen molar-refractivity contribution >= 4 is 21.8 Å². The minimum absolute atomic E-state index is 0.283.